The van der Waals surface area contributed by atoms with Gasteiger partial charge in [0.15, 0.2) is 5.96 Å². The lowest BCUT2D eigenvalue weighted by Gasteiger charge is -2.17. The van der Waals surface area contributed by atoms with Gasteiger partial charge in [-0.15, -0.1) is 24.0 Å². The number of methoxy groups -OCH3 is 1. The maximum absolute atomic E-state index is 5.09. The molecule has 1 atom stereocenters. The number of rotatable bonds is 5. The van der Waals surface area contributed by atoms with Crippen LogP contribution >= 0.6 is 24.0 Å². The van der Waals surface area contributed by atoms with Crippen LogP contribution in [0.5, 0.6) is 0 Å². The number of ether oxygens (including phenoxy) is 1. The first-order valence-corrected chi connectivity index (χ1v) is 6.44. The van der Waals surface area contributed by atoms with E-state index in [0.717, 1.165) is 11.7 Å². The van der Waals surface area contributed by atoms with Gasteiger partial charge in [-0.3, -0.25) is 9.67 Å². The Balaban J connectivity index is 0.00000361. The summed E-state index contributed by atoms with van der Waals surface area (Å²) in [6, 6.07) is 0.215. The van der Waals surface area contributed by atoms with Gasteiger partial charge in [0.2, 0.25) is 0 Å². The number of nitrogens with zero attached hydrogens (tertiary/aromatic N) is 3. The maximum atomic E-state index is 5.09. The summed E-state index contributed by atoms with van der Waals surface area (Å²) in [4.78, 5) is 4.20. The summed E-state index contributed by atoms with van der Waals surface area (Å²) in [6.45, 7) is 7.50. The van der Waals surface area contributed by atoms with Gasteiger partial charge in [-0.25, -0.2) is 0 Å². The third kappa shape index (κ3) is 5.28. The summed E-state index contributed by atoms with van der Waals surface area (Å²) in [7, 11) is 5.41. The van der Waals surface area contributed by atoms with Gasteiger partial charge in [0.05, 0.1) is 12.3 Å². The Morgan fingerprint density at radius 2 is 2.10 bits per heavy atom. The molecule has 6 nitrogen and oxygen atoms in total. The second-order valence-electron chi connectivity index (χ2n) is 4.70. The van der Waals surface area contributed by atoms with E-state index in [1.54, 1.807) is 14.2 Å². The molecule has 7 heteroatoms. The number of halogens is 1. The van der Waals surface area contributed by atoms with Crippen molar-refractivity contribution in [1.82, 2.24) is 20.4 Å². The number of aromatic nitrogens is 2. The highest BCUT2D eigenvalue weighted by atomic mass is 127. The van der Waals surface area contributed by atoms with Crippen LogP contribution in [0, 0.1) is 13.8 Å². The van der Waals surface area contributed by atoms with Crippen molar-refractivity contribution in [2.75, 3.05) is 20.8 Å². The van der Waals surface area contributed by atoms with Crippen molar-refractivity contribution in [3.63, 3.8) is 0 Å². The number of aryl methyl sites for hydroxylation is 2. The Bertz CT molecular complexity index is 444. The summed E-state index contributed by atoms with van der Waals surface area (Å²) in [6.07, 6.45) is 0. The van der Waals surface area contributed by atoms with E-state index in [2.05, 4.69) is 34.6 Å². The number of hydrogen-bond acceptors (Lipinski definition) is 3. The fourth-order valence-electron chi connectivity index (χ4n) is 1.97. The van der Waals surface area contributed by atoms with Gasteiger partial charge in [-0.05, 0) is 20.8 Å². The highest BCUT2D eigenvalue weighted by molar-refractivity contribution is 14.0. The monoisotopic (exact) mass is 395 g/mol. The molecular formula is C13H26IN5O. The van der Waals surface area contributed by atoms with Crippen molar-refractivity contribution < 1.29 is 4.74 Å². The number of guanidine groups is 1. The molecular weight excluding hydrogens is 369 g/mol. The zero-order chi connectivity index (χ0) is 14.4. The van der Waals surface area contributed by atoms with Gasteiger partial charge in [-0.1, -0.05) is 0 Å². The van der Waals surface area contributed by atoms with Crippen LogP contribution in [-0.2, 0) is 18.3 Å². The van der Waals surface area contributed by atoms with Crippen LogP contribution in [0.4, 0.5) is 0 Å². The minimum absolute atomic E-state index is 0. The van der Waals surface area contributed by atoms with E-state index in [1.807, 2.05) is 18.7 Å². The lowest BCUT2D eigenvalue weighted by atomic mass is 10.2. The fraction of sp³-hybridized carbons (Fsp3) is 0.692. The molecule has 0 fully saturated rings. The molecule has 1 rings (SSSR count). The average Bonchev–Trinajstić information content (AvgIpc) is 2.60. The van der Waals surface area contributed by atoms with E-state index >= 15 is 0 Å². The van der Waals surface area contributed by atoms with E-state index in [9.17, 15) is 0 Å². The fourth-order valence-corrected chi connectivity index (χ4v) is 1.97. The van der Waals surface area contributed by atoms with Crippen molar-refractivity contribution in [2.24, 2.45) is 12.0 Å². The van der Waals surface area contributed by atoms with Crippen LogP contribution in [0.1, 0.15) is 23.9 Å². The van der Waals surface area contributed by atoms with E-state index in [4.69, 9.17) is 4.74 Å². The van der Waals surface area contributed by atoms with Crippen molar-refractivity contribution in [2.45, 2.75) is 33.4 Å². The molecule has 0 aliphatic carbocycles. The molecule has 0 bridgehead atoms. The second-order valence-corrected chi connectivity index (χ2v) is 4.70. The van der Waals surface area contributed by atoms with Crippen molar-refractivity contribution >= 4 is 29.9 Å². The first-order chi connectivity index (χ1) is 8.99. The molecule has 1 heterocycles. The predicted octanol–water partition coefficient (Wildman–Crippen LogP) is 1.35. The van der Waals surface area contributed by atoms with Crippen LogP contribution in [0.2, 0.25) is 0 Å². The predicted molar refractivity (Wildman–Crippen MR) is 92.8 cm³/mol. The standard InChI is InChI=1S/C13H25N5O.HI/c1-9(8-19-6)16-13(14-4)15-7-12-10(2)17-18(5)11(12)3;/h9H,7-8H2,1-6H3,(H2,14,15,16);1H. The van der Waals surface area contributed by atoms with Gasteiger partial charge in [0.1, 0.15) is 0 Å². The molecule has 1 aromatic rings. The lowest BCUT2D eigenvalue weighted by Crippen LogP contribution is -2.43. The van der Waals surface area contributed by atoms with Gasteiger partial charge >= 0.3 is 0 Å². The molecule has 0 amide bonds. The molecule has 0 saturated heterocycles. The Hall–Kier alpha value is -0.830. The maximum Gasteiger partial charge on any atom is 0.191 e. The van der Waals surface area contributed by atoms with Crippen LogP contribution in [0.25, 0.3) is 0 Å². The van der Waals surface area contributed by atoms with Crippen molar-refractivity contribution in [1.29, 1.82) is 0 Å². The quantitative estimate of drug-likeness (QED) is 0.449. The van der Waals surface area contributed by atoms with Crippen molar-refractivity contribution in [3.8, 4) is 0 Å². The SMILES string of the molecule is CN=C(NCc1c(C)nn(C)c1C)NC(C)COC.I. The molecule has 0 aliphatic heterocycles. The summed E-state index contributed by atoms with van der Waals surface area (Å²) < 4.78 is 6.99. The first kappa shape index (κ1) is 19.2. The van der Waals surface area contributed by atoms with Gasteiger partial charge in [-0.2, -0.15) is 5.10 Å². The van der Waals surface area contributed by atoms with Crippen molar-refractivity contribution in [3.05, 3.63) is 17.0 Å². The smallest absolute Gasteiger partial charge is 0.191 e. The van der Waals surface area contributed by atoms with E-state index in [0.29, 0.717) is 13.2 Å². The van der Waals surface area contributed by atoms with E-state index in [1.165, 1.54) is 11.3 Å². The summed E-state index contributed by atoms with van der Waals surface area (Å²) in [5.41, 5.74) is 3.43. The first-order valence-electron chi connectivity index (χ1n) is 6.44. The largest absolute Gasteiger partial charge is 0.383 e. The van der Waals surface area contributed by atoms with E-state index < -0.39 is 0 Å². The zero-order valence-electron chi connectivity index (χ0n) is 13.1. The number of aliphatic imine (C=N–C) groups is 1. The summed E-state index contributed by atoms with van der Waals surface area (Å²) in [5, 5.41) is 11.0. The Kier molecular flexibility index (Phi) is 8.79. The number of hydrogen-bond donors (Lipinski definition) is 2. The van der Waals surface area contributed by atoms with Gasteiger partial charge < -0.3 is 15.4 Å². The Labute approximate surface area is 138 Å². The third-order valence-corrected chi connectivity index (χ3v) is 3.11. The normalized spacial score (nSPS) is 12.8. The molecule has 1 unspecified atom stereocenters. The Morgan fingerprint density at radius 3 is 2.55 bits per heavy atom. The highest BCUT2D eigenvalue weighted by Gasteiger charge is 2.10. The highest BCUT2D eigenvalue weighted by Crippen LogP contribution is 2.10. The summed E-state index contributed by atoms with van der Waals surface area (Å²) in [5.74, 6) is 0.771. The summed E-state index contributed by atoms with van der Waals surface area (Å²) >= 11 is 0. The van der Waals surface area contributed by atoms with Crippen LogP contribution in [0.15, 0.2) is 4.99 Å². The Morgan fingerprint density at radius 1 is 1.45 bits per heavy atom. The molecule has 0 aliphatic rings. The third-order valence-electron chi connectivity index (χ3n) is 3.11. The topological polar surface area (TPSA) is 63.5 Å². The molecule has 0 aromatic carbocycles. The van der Waals surface area contributed by atoms with Gasteiger partial charge in [0.25, 0.3) is 0 Å². The second kappa shape index (κ2) is 9.17. The van der Waals surface area contributed by atoms with Crippen LogP contribution in [-0.4, -0.2) is 42.5 Å². The molecule has 0 saturated carbocycles. The lowest BCUT2D eigenvalue weighted by molar-refractivity contribution is 0.179. The average molecular weight is 395 g/mol. The molecule has 20 heavy (non-hydrogen) atoms. The molecule has 0 radical (unpaired) electrons. The van der Waals surface area contributed by atoms with E-state index in [-0.39, 0.29) is 30.0 Å². The molecule has 0 spiro atoms. The molecule has 1 aromatic heterocycles. The zero-order valence-corrected chi connectivity index (χ0v) is 15.5. The molecule has 116 valence electrons. The number of nitrogens with one attached hydrogen (secondary N) is 2. The van der Waals surface area contributed by atoms with Crippen LogP contribution in [0.3, 0.4) is 0 Å². The van der Waals surface area contributed by atoms with Crippen LogP contribution < -0.4 is 10.6 Å². The minimum atomic E-state index is 0. The molecule has 2 N–H and O–H groups in total. The minimum Gasteiger partial charge on any atom is -0.383 e. The van der Waals surface area contributed by atoms with Gasteiger partial charge in [0, 0.05) is 45.0 Å².